The maximum atomic E-state index is 12.9. The van der Waals surface area contributed by atoms with E-state index in [-0.39, 0.29) is 5.91 Å². The first-order valence-electron chi connectivity index (χ1n) is 9.86. The molecule has 3 aromatic rings. The number of carbonyl (C=O) groups excluding carboxylic acids is 1. The fourth-order valence-electron chi connectivity index (χ4n) is 3.89. The summed E-state index contributed by atoms with van der Waals surface area (Å²) in [5, 5.41) is 9.86. The van der Waals surface area contributed by atoms with Gasteiger partial charge in [-0.25, -0.2) is 0 Å². The van der Waals surface area contributed by atoms with Crippen molar-refractivity contribution in [3.8, 4) is 11.3 Å². The number of nitrogens with one attached hydrogen (secondary N) is 1. The van der Waals surface area contributed by atoms with E-state index in [0.717, 1.165) is 32.5 Å². The summed E-state index contributed by atoms with van der Waals surface area (Å²) < 4.78 is 5.32. The number of hydrogen-bond donors (Lipinski definition) is 1. The van der Waals surface area contributed by atoms with Gasteiger partial charge in [0.2, 0.25) is 0 Å². The Hall–Kier alpha value is -2.15. The quantitative estimate of drug-likeness (QED) is 0.598. The minimum absolute atomic E-state index is 0.158. The van der Waals surface area contributed by atoms with Crippen molar-refractivity contribution in [3.05, 3.63) is 63.0 Å². The summed E-state index contributed by atoms with van der Waals surface area (Å²) in [5.74, 6) is 0.783. The molecule has 1 saturated heterocycles. The van der Waals surface area contributed by atoms with Crippen molar-refractivity contribution >= 4 is 28.8 Å². The molecule has 1 aliphatic heterocycles. The van der Waals surface area contributed by atoms with E-state index in [0.29, 0.717) is 40.1 Å². The van der Waals surface area contributed by atoms with Crippen LogP contribution in [0.15, 0.2) is 46.3 Å². The largest absolute Gasteiger partial charge is 0.360 e. The Kier molecular flexibility index (Phi) is 6.33. The summed E-state index contributed by atoms with van der Waals surface area (Å²) in [4.78, 5) is 16.8. The van der Waals surface area contributed by atoms with Crippen LogP contribution in [-0.2, 0) is 6.54 Å². The van der Waals surface area contributed by atoms with Gasteiger partial charge in [0.25, 0.3) is 5.91 Å². The van der Waals surface area contributed by atoms with Crippen LogP contribution in [0, 0.1) is 12.8 Å². The van der Waals surface area contributed by atoms with E-state index in [1.165, 1.54) is 4.88 Å². The van der Waals surface area contributed by atoms with E-state index in [1.54, 1.807) is 24.3 Å². The molecule has 1 aliphatic rings. The fraction of sp³-hybridized carbons (Fsp3) is 0.364. The van der Waals surface area contributed by atoms with Gasteiger partial charge in [-0.1, -0.05) is 41.0 Å². The average Bonchev–Trinajstić information content (AvgIpc) is 3.36. The number of aromatic nitrogens is 1. The molecular formula is C22H24ClN3O2S. The van der Waals surface area contributed by atoms with Gasteiger partial charge in [0.1, 0.15) is 17.0 Å². The van der Waals surface area contributed by atoms with E-state index >= 15 is 0 Å². The Morgan fingerprint density at radius 2 is 2.21 bits per heavy atom. The number of halogens is 1. The molecule has 2 aromatic heterocycles. The molecule has 0 aliphatic carbocycles. The van der Waals surface area contributed by atoms with Crippen LogP contribution in [0.2, 0.25) is 5.02 Å². The Morgan fingerprint density at radius 3 is 3.00 bits per heavy atom. The minimum atomic E-state index is -0.158. The lowest BCUT2D eigenvalue weighted by Gasteiger charge is -2.32. The Morgan fingerprint density at radius 1 is 1.34 bits per heavy atom. The van der Waals surface area contributed by atoms with Gasteiger partial charge in [-0.2, -0.15) is 0 Å². The zero-order valence-electron chi connectivity index (χ0n) is 16.4. The molecule has 0 saturated carbocycles. The predicted octanol–water partition coefficient (Wildman–Crippen LogP) is 5.01. The number of amides is 1. The van der Waals surface area contributed by atoms with Gasteiger partial charge in [-0.05, 0) is 49.7 Å². The molecule has 0 radical (unpaired) electrons. The molecule has 1 fully saturated rings. The molecule has 1 N–H and O–H groups in total. The first-order chi connectivity index (χ1) is 14.1. The van der Waals surface area contributed by atoms with Crippen molar-refractivity contribution in [3.63, 3.8) is 0 Å². The highest BCUT2D eigenvalue weighted by Crippen LogP contribution is 2.31. The Balaban J connectivity index is 1.40. The van der Waals surface area contributed by atoms with Crippen molar-refractivity contribution in [1.82, 2.24) is 15.4 Å². The summed E-state index contributed by atoms with van der Waals surface area (Å²) in [6, 6.07) is 11.6. The number of nitrogens with zero attached hydrogens (tertiary/aromatic N) is 2. The lowest BCUT2D eigenvalue weighted by atomic mass is 9.97. The van der Waals surface area contributed by atoms with Gasteiger partial charge in [0.15, 0.2) is 0 Å². The lowest BCUT2D eigenvalue weighted by Crippen LogP contribution is -2.40. The summed E-state index contributed by atoms with van der Waals surface area (Å²) in [6.07, 6.45) is 2.28. The molecule has 7 heteroatoms. The number of aryl methyl sites for hydroxylation is 1. The normalized spacial score (nSPS) is 17.4. The molecule has 1 aromatic carbocycles. The molecule has 1 atom stereocenters. The molecule has 0 bridgehead atoms. The topological polar surface area (TPSA) is 58.4 Å². The number of thiophene rings is 1. The Labute approximate surface area is 179 Å². The monoisotopic (exact) mass is 429 g/mol. The second kappa shape index (κ2) is 9.11. The maximum Gasteiger partial charge on any atom is 0.257 e. The zero-order valence-corrected chi connectivity index (χ0v) is 17.9. The highest BCUT2D eigenvalue weighted by Gasteiger charge is 2.25. The third-order valence-corrected chi connectivity index (χ3v) is 6.52. The molecule has 29 heavy (non-hydrogen) atoms. The molecule has 1 unspecified atom stereocenters. The second-order valence-corrected chi connectivity index (χ2v) is 8.91. The van der Waals surface area contributed by atoms with Crippen LogP contribution in [0.4, 0.5) is 0 Å². The van der Waals surface area contributed by atoms with Crippen LogP contribution in [0.25, 0.3) is 11.3 Å². The average molecular weight is 430 g/mol. The van der Waals surface area contributed by atoms with Crippen molar-refractivity contribution in [2.24, 2.45) is 5.92 Å². The number of likely N-dealkylation sites (tertiary alicyclic amines) is 1. The molecule has 0 spiro atoms. The predicted molar refractivity (Wildman–Crippen MR) is 116 cm³/mol. The summed E-state index contributed by atoms with van der Waals surface area (Å²) >= 11 is 8.10. The third-order valence-electron chi connectivity index (χ3n) is 5.33. The third kappa shape index (κ3) is 4.71. The van der Waals surface area contributed by atoms with Crippen LogP contribution >= 0.6 is 22.9 Å². The van der Waals surface area contributed by atoms with E-state index in [2.05, 4.69) is 32.9 Å². The lowest BCUT2D eigenvalue weighted by molar-refractivity contribution is 0.0930. The number of rotatable bonds is 6. The van der Waals surface area contributed by atoms with Crippen LogP contribution < -0.4 is 5.32 Å². The van der Waals surface area contributed by atoms with Crippen molar-refractivity contribution in [2.75, 3.05) is 19.6 Å². The number of carbonyl (C=O) groups is 1. The number of hydrogen-bond acceptors (Lipinski definition) is 5. The molecule has 1 amide bonds. The van der Waals surface area contributed by atoms with Crippen molar-refractivity contribution < 1.29 is 9.32 Å². The SMILES string of the molecule is Cc1onc(-c2ccccc2Cl)c1C(=O)NCC1CCCN(Cc2cccs2)C1. The van der Waals surface area contributed by atoms with Crippen molar-refractivity contribution in [1.29, 1.82) is 0 Å². The molecule has 5 nitrogen and oxygen atoms in total. The van der Waals surface area contributed by atoms with Crippen LogP contribution in [0.3, 0.4) is 0 Å². The van der Waals surface area contributed by atoms with Crippen LogP contribution in [0.5, 0.6) is 0 Å². The van der Waals surface area contributed by atoms with Gasteiger partial charge < -0.3 is 9.84 Å². The Bertz CT molecular complexity index is 970. The number of piperidine rings is 1. The van der Waals surface area contributed by atoms with E-state index in [9.17, 15) is 4.79 Å². The summed E-state index contributed by atoms with van der Waals surface area (Å²) in [7, 11) is 0. The van der Waals surface area contributed by atoms with Crippen LogP contribution in [-0.4, -0.2) is 35.6 Å². The van der Waals surface area contributed by atoms with E-state index in [1.807, 2.05) is 18.2 Å². The van der Waals surface area contributed by atoms with Gasteiger partial charge in [-0.3, -0.25) is 9.69 Å². The molecule has 152 valence electrons. The van der Waals surface area contributed by atoms with Gasteiger partial charge in [0.05, 0.1) is 5.02 Å². The van der Waals surface area contributed by atoms with Gasteiger partial charge in [0, 0.05) is 30.1 Å². The maximum absolute atomic E-state index is 12.9. The second-order valence-electron chi connectivity index (χ2n) is 7.47. The highest BCUT2D eigenvalue weighted by atomic mass is 35.5. The highest BCUT2D eigenvalue weighted by molar-refractivity contribution is 7.09. The minimum Gasteiger partial charge on any atom is -0.360 e. The standard InChI is InChI=1S/C22H24ClN3O2S/c1-15-20(21(25-28-15)18-8-2-3-9-19(18)23)22(27)24-12-16-6-4-10-26(13-16)14-17-7-5-11-29-17/h2-3,5,7-9,11,16H,4,6,10,12-14H2,1H3,(H,24,27). The summed E-state index contributed by atoms with van der Waals surface area (Å²) in [6.45, 7) is 5.50. The van der Waals surface area contributed by atoms with Gasteiger partial charge in [-0.15, -0.1) is 11.3 Å². The smallest absolute Gasteiger partial charge is 0.257 e. The first kappa shape index (κ1) is 20.1. The van der Waals surface area contributed by atoms with Crippen molar-refractivity contribution in [2.45, 2.75) is 26.3 Å². The zero-order chi connectivity index (χ0) is 20.2. The molecule has 3 heterocycles. The molecule has 4 rings (SSSR count). The van der Waals surface area contributed by atoms with E-state index in [4.69, 9.17) is 16.1 Å². The molecular weight excluding hydrogens is 406 g/mol. The van der Waals surface area contributed by atoms with Gasteiger partial charge >= 0.3 is 0 Å². The fourth-order valence-corrected chi connectivity index (χ4v) is 4.86. The van der Waals surface area contributed by atoms with Crippen LogP contribution in [0.1, 0.15) is 33.8 Å². The summed E-state index contributed by atoms with van der Waals surface area (Å²) in [5.41, 5.74) is 1.66. The first-order valence-corrected chi connectivity index (χ1v) is 11.1. The number of benzene rings is 1. The van der Waals surface area contributed by atoms with E-state index < -0.39 is 0 Å².